The molecule has 0 unspecified atom stereocenters. The molecule has 1 aromatic rings. The van der Waals surface area contributed by atoms with E-state index in [1.165, 1.54) is 12.2 Å². The Morgan fingerprint density at radius 2 is 1.80 bits per heavy atom. The zero-order chi connectivity index (χ0) is 18.2. The second-order valence-electron chi connectivity index (χ2n) is 5.57. The van der Waals surface area contributed by atoms with Crippen LogP contribution in [0.25, 0.3) is 12.2 Å². The summed E-state index contributed by atoms with van der Waals surface area (Å²) in [5.74, 6) is -0.234. The summed E-state index contributed by atoms with van der Waals surface area (Å²) in [7, 11) is 0. The summed E-state index contributed by atoms with van der Waals surface area (Å²) in [4.78, 5) is 16.0. The minimum Gasteiger partial charge on any atom is -0.289 e. The Hall–Kier alpha value is -2.93. The molecule has 0 spiro atoms. The maximum atomic E-state index is 12.9. The molecule has 0 fully saturated rings. The fraction of sp³-hybridized carbons (Fsp3) is 0.111. The van der Waals surface area contributed by atoms with Crippen molar-refractivity contribution in [1.82, 2.24) is 5.06 Å². The first kappa shape index (κ1) is 16.9. The Morgan fingerprint density at radius 1 is 1.16 bits per heavy atom. The fourth-order valence-electron chi connectivity index (χ4n) is 2.50. The highest BCUT2D eigenvalue weighted by atomic mass is 19.4. The first-order chi connectivity index (χ1) is 11.8. The van der Waals surface area contributed by atoms with Crippen LogP contribution in [0.5, 0.6) is 0 Å². The average Bonchev–Trinajstić information content (AvgIpc) is 2.54. The van der Waals surface area contributed by atoms with E-state index in [1.54, 1.807) is 13.0 Å². The van der Waals surface area contributed by atoms with Gasteiger partial charge in [0.25, 0.3) is 0 Å². The maximum Gasteiger partial charge on any atom is 0.433 e. The van der Waals surface area contributed by atoms with Gasteiger partial charge in [-0.3, -0.25) is 10.0 Å². The van der Waals surface area contributed by atoms with Crippen molar-refractivity contribution in [3.05, 3.63) is 69.4 Å². The summed E-state index contributed by atoms with van der Waals surface area (Å²) in [5, 5.41) is 10.8. The molecule has 0 amide bonds. The van der Waals surface area contributed by atoms with Crippen LogP contribution in [0.15, 0.2) is 64.0 Å². The summed E-state index contributed by atoms with van der Waals surface area (Å²) in [6.45, 7) is 1.55. The van der Waals surface area contributed by atoms with Gasteiger partial charge < -0.3 is 0 Å². The van der Waals surface area contributed by atoms with Crippen molar-refractivity contribution in [3.8, 4) is 0 Å². The molecule has 3 rings (SSSR count). The lowest BCUT2D eigenvalue weighted by Crippen LogP contribution is -2.30. The van der Waals surface area contributed by atoms with E-state index in [0.717, 1.165) is 16.5 Å². The number of carbonyl (C=O) groups is 1. The van der Waals surface area contributed by atoms with E-state index < -0.39 is 11.9 Å². The number of ketones is 1. The number of alkyl halides is 3. The fourth-order valence-corrected chi connectivity index (χ4v) is 2.50. The highest BCUT2D eigenvalue weighted by Gasteiger charge is 2.38. The summed E-state index contributed by atoms with van der Waals surface area (Å²) >= 11 is 0. The Labute approximate surface area is 140 Å². The summed E-state index contributed by atoms with van der Waals surface area (Å²) < 4.78 is 38.6. The van der Waals surface area contributed by atoms with E-state index in [4.69, 9.17) is 0 Å². The third-order valence-corrected chi connectivity index (χ3v) is 3.77. The number of rotatable bonds is 1. The Kier molecular flexibility index (Phi) is 4.18. The van der Waals surface area contributed by atoms with Gasteiger partial charge >= 0.3 is 6.18 Å². The number of carbonyl (C=O) groups excluding carboxylic acids is 1. The molecule has 25 heavy (non-hydrogen) atoms. The number of hydrogen-bond donors (Lipinski definition) is 1. The molecule has 7 heteroatoms. The van der Waals surface area contributed by atoms with Crippen LogP contribution in [0.4, 0.5) is 13.2 Å². The standard InChI is InChI=1S/C18H13F3N2O2/c1-11(15-9-17(18(19,20)21)23(25)10-22-15)6-14-7-12-4-2-3-5-13(12)8-16(14)24/h2-10,25H,1H3. The first-order valence-corrected chi connectivity index (χ1v) is 7.32. The van der Waals surface area contributed by atoms with Gasteiger partial charge in [-0.05, 0) is 47.2 Å². The van der Waals surface area contributed by atoms with Crippen LogP contribution in [0, 0.1) is 0 Å². The number of hydroxylamine groups is 2. The van der Waals surface area contributed by atoms with Gasteiger partial charge in [0, 0.05) is 5.57 Å². The second-order valence-corrected chi connectivity index (χ2v) is 5.57. The van der Waals surface area contributed by atoms with E-state index in [9.17, 15) is 23.2 Å². The predicted molar refractivity (Wildman–Crippen MR) is 86.7 cm³/mol. The Morgan fingerprint density at radius 3 is 2.44 bits per heavy atom. The van der Waals surface area contributed by atoms with Crippen molar-refractivity contribution in [3.63, 3.8) is 0 Å². The number of fused-ring (bicyclic) bond motifs is 1. The number of hydrogen-bond acceptors (Lipinski definition) is 4. The lowest BCUT2D eigenvalue weighted by atomic mass is 9.99. The van der Waals surface area contributed by atoms with Crippen molar-refractivity contribution in [2.24, 2.45) is 4.99 Å². The number of Topliss-reactive ketones (excluding diaryl/α,β-unsaturated/α-hetero) is 1. The van der Waals surface area contributed by atoms with Gasteiger partial charge in [0.2, 0.25) is 0 Å². The minimum atomic E-state index is -4.72. The van der Waals surface area contributed by atoms with Crippen LogP contribution < -0.4 is 10.4 Å². The molecule has 128 valence electrons. The van der Waals surface area contributed by atoms with Crippen LogP contribution >= 0.6 is 0 Å². The largest absolute Gasteiger partial charge is 0.433 e. The SMILES string of the molecule is CC(C=C1C=c2ccccc2=CC1=O)=C1C=C(C(F)(F)F)N(O)C=N1. The van der Waals surface area contributed by atoms with Crippen LogP contribution in [0.1, 0.15) is 6.92 Å². The van der Waals surface area contributed by atoms with Gasteiger partial charge in [-0.2, -0.15) is 13.2 Å². The molecule has 0 atom stereocenters. The van der Waals surface area contributed by atoms with Crippen LogP contribution in [0.2, 0.25) is 0 Å². The highest BCUT2D eigenvalue weighted by Crippen LogP contribution is 2.31. The average molecular weight is 346 g/mol. The molecule has 1 aliphatic heterocycles. The normalized spacial score (nSPS) is 20.7. The minimum absolute atomic E-state index is 0.0187. The summed E-state index contributed by atoms with van der Waals surface area (Å²) in [6, 6.07) is 7.31. The molecule has 1 aromatic carbocycles. The highest BCUT2D eigenvalue weighted by molar-refractivity contribution is 6.22. The van der Waals surface area contributed by atoms with Crippen molar-refractivity contribution < 1.29 is 23.2 Å². The topological polar surface area (TPSA) is 52.9 Å². The number of aliphatic imine (C=N–C) groups is 1. The lowest BCUT2D eigenvalue weighted by Gasteiger charge is -2.21. The van der Waals surface area contributed by atoms with Gasteiger partial charge in [-0.25, -0.2) is 10.1 Å². The lowest BCUT2D eigenvalue weighted by molar-refractivity contribution is -0.138. The van der Waals surface area contributed by atoms with Gasteiger partial charge in [0.15, 0.2) is 11.5 Å². The van der Waals surface area contributed by atoms with Gasteiger partial charge in [-0.15, -0.1) is 0 Å². The zero-order valence-electron chi connectivity index (χ0n) is 13.1. The first-order valence-electron chi connectivity index (χ1n) is 7.32. The number of halogens is 3. The molecule has 0 saturated heterocycles. The van der Waals surface area contributed by atoms with E-state index in [0.29, 0.717) is 17.5 Å². The van der Waals surface area contributed by atoms with Crippen LogP contribution in [-0.4, -0.2) is 28.6 Å². The number of benzene rings is 1. The van der Waals surface area contributed by atoms with Gasteiger partial charge in [-0.1, -0.05) is 24.3 Å². The molecule has 0 saturated carbocycles. The molecule has 0 bridgehead atoms. The summed E-state index contributed by atoms with van der Waals surface area (Å²) in [5.41, 5.74) is -0.498. The number of nitrogens with zero attached hydrogens (tertiary/aromatic N) is 2. The smallest absolute Gasteiger partial charge is 0.289 e. The van der Waals surface area contributed by atoms with Gasteiger partial charge in [0.1, 0.15) is 6.34 Å². The molecule has 4 nitrogen and oxygen atoms in total. The molecule has 1 heterocycles. The zero-order valence-corrected chi connectivity index (χ0v) is 13.1. The molecular weight excluding hydrogens is 333 g/mol. The molecule has 0 aromatic heterocycles. The molecule has 0 radical (unpaired) electrons. The summed E-state index contributed by atoms with van der Waals surface area (Å²) in [6.07, 6.45) is 1.33. The third-order valence-electron chi connectivity index (χ3n) is 3.77. The van der Waals surface area contributed by atoms with Crippen molar-refractivity contribution >= 4 is 24.3 Å². The predicted octanol–water partition coefficient (Wildman–Crippen LogP) is 2.21. The molecule has 2 aliphatic rings. The van der Waals surface area contributed by atoms with E-state index in [1.807, 2.05) is 24.3 Å². The van der Waals surface area contributed by atoms with E-state index in [-0.39, 0.29) is 16.5 Å². The maximum absolute atomic E-state index is 12.9. The quantitative estimate of drug-likeness (QED) is 0.794. The van der Waals surface area contributed by atoms with E-state index in [2.05, 4.69) is 4.99 Å². The second kappa shape index (κ2) is 6.18. The molecular formula is C18H13F3N2O2. The number of allylic oxidation sites excluding steroid dienone is 5. The third kappa shape index (κ3) is 3.46. The monoisotopic (exact) mass is 346 g/mol. The van der Waals surface area contributed by atoms with E-state index >= 15 is 0 Å². The molecule has 1 N–H and O–H groups in total. The molecule has 1 aliphatic carbocycles. The van der Waals surface area contributed by atoms with Gasteiger partial charge in [0.05, 0.1) is 5.70 Å². The van der Waals surface area contributed by atoms with Crippen molar-refractivity contribution in [1.29, 1.82) is 0 Å². The Balaban J connectivity index is 2.05. The van der Waals surface area contributed by atoms with Crippen molar-refractivity contribution in [2.75, 3.05) is 0 Å². The van der Waals surface area contributed by atoms with Crippen LogP contribution in [0.3, 0.4) is 0 Å². The van der Waals surface area contributed by atoms with Crippen LogP contribution in [-0.2, 0) is 4.79 Å². The van der Waals surface area contributed by atoms with Crippen molar-refractivity contribution in [2.45, 2.75) is 13.1 Å². The Bertz CT molecular complexity index is 982.